The predicted molar refractivity (Wildman–Crippen MR) is 57.0 cm³/mol. The van der Waals surface area contributed by atoms with E-state index in [0.717, 1.165) is 23.2 Å². The smallest absolute Gasteiger partial charge is 0.116 e. The summed E-state index contributed by atoms with van der Waals surface area (Å²) >= 11 is 0. The van der Waals surface area contributed by atoms with Gasteiger partial charge in [0.2, 0.25) is 0 Å². The van der Waals surface area contributed by atoms with Crippen molar-refractivity contribution in [2.24, 2.45) is 0 Å². The van der Waals surface area contributed by atoms with Crippen LogP contribution in [0.2, 0.25) is 0 Å². The lowest BCUT2D eigenvalue weighted by Crippen LogP contribution is -1.93. The molecule has 1 aromatic rings. The zero-order valence-corrected chi connectivity index (χ0v) is 8.09. The molecule has 0 fully saturated rings. The molecule has 2 heteroatoms. The Bertz CT molecular complexity index is 318. The summed E-state index contributed by atoms with van der Waals surface area (Å²) in [6.45, 7) is 5.99. The second-order valence-corrected chi connectivity index (χ2v) is 2.94. The van der Waals surface area contributed by atoms with E-state index in [2.05, 4.69) is 11.9 Å². The van der Waals surface area contributed by atoms with Crippen LogP contribution in [0.1, 0.15) is 18.9 Å². The molecule has 0 amide bonds. The maximum Gasteiger partial charge on any atom is 0.116 e. The Balaban J connectivity index is 3.15. The predicted octanol–water partition coefficient (Wildman–Crippen LogP) is 2.86. The van der Waals surface area contributed by atoms with E-state index in [0.29, 0.717) is 0 Å². The number of rotatable bonds is 3. The molecule has 0 atom stereocenters. The number of anilines is 1. The van der Waals surface area contributed by atoms with Crippen LogP contribution in [0.4, 0.5) is 5.69 Å². The van der Waals surface area contributed by atoms with Crippen molar-refractivity contribution >= 4 is 11.3 Å². The van der Waals surface area contributed by atoms with Crippen molar-refractivity contribution in [3.05, 3.63) is 30.3 Å². The number of nitrogens with one attached hydrogen (secondary N) is 1. The number of benzene rings is 1. The van der Waals surface area contributed by atoms with Crippen molar-refractivity contribution in [1.29, 1.82) is 0 Å². The van der Waals surface area contributed by atoms with Gasteiger partial charge in [0.25, 0.3) is 0 Å². The van der Waals surface area contributed by atoms with Crippen molar-refractivity contribution in [2.75, 3.05) is 12.4 Å². The molecule has 0 heterocycles. The highest BCUT2D eigenvalue weighted by Crippen LogP contribution is 2.28. The quantitative estimate of drug-likeness (QED) is 0.696. The SMILES string of the molecule is C=C(CC)c1cc(O)ccc1NC. The van der Waals surface area contributed by atoms with Gasteiger partial charge < -0.3 is 10.4 Å². The van der Waals surface area contributed by atoms with Crippen LogP contribution in [0.25, 0.3) is 5.57 Å². The minimum atomic E-state index is 0.281. The average molecular weight is 177 g/mol. The van der Waals surface area contributed by atoms with E-state index < -0.39 is 0 Å². The standard InChI is InChI=1S/C11H15NO/c1-4-8(2)10-7-9(13)5-6-11(10)12-3/h5-7,12-13H,2,4H2,1,3H3. The summed E-state index contributed by atoms with van der Waals surface area (Å²) in [6.07, 6.45) is 0.887. The van der Waals surface area contributed by atoms with E-state index in [9.17, 15) is 5.11 Å². The first-order valence-corrected chi connectivity index (χ1v) is 4.38. The van der Waals surface area contributed by atoms with E-state index in [1.54, 1.807) is 12.1 Å². The van der Waals surface area contributed by atoms with E-state index in [-0.39, 0.29) is 5.75 Å². The fourth-order valence-corrected chi connectivity index (χ4v) is 1.23. The Kier molecular flexibility index (Phi) is 2.96. The van der Waals surface area contributed by atoms with Gasteiger partial charge in [0.05, 0.1) is 0 Å². The molecule has 0 aliphatic heterocycles. The van der Waals surface area contributed by atoms with Gasteiger partial charge in [-0.15, -0.1) is 0 Å². The maximum absolute atomic E-state index is 9.31. The van der Waals surface area contributed by atoms with Gasteiger partial charge in [-0.25, -0.2) is 0 Å². The van der Waals surface area contributed by atoms with Crippen LogP contribution in [0.15, 0.2) is 24.8 Å². The van der Waals surface area contributed by atoms with Crippen LogP contribution in [-0.4, -0.2) is 12.2 Å². The molecule has 0 unspecified atom stereocenters. The summed E-state index contributed by atoms with van der Waals surface area (Å²) in [6, 6.07) is 5.25. The second kappa shape index (κ2) is 3.99. The molecule has 1 rings (SSSR count). The monoisotopic (exact) mass is 177 g/mol. The molecule has 0 aromatic heterocycles. The topological polar surface area (TPSA) is 32.3 Å². The van der Waals surface area contributed by atoms with Crippen molar-refractivity contribution in [2.45, 2.75) is 13.3 Å². The van der Waals surface area contributed by atoms with Gasteiger partial charge in [0.15, 0.2) is 0 Å². The minimum absolute atomic E-state index is 0.281. The molecule has 0 saturated heterocycles. The summed E-state index contributed by atoms with van der Waals surface area (Å²) in [5, 5.41) is 12.4. The Hall–Kier alpha value is -1.44. The maximum atomic E-state index is 9.31. The van der Waals surface area contributed by atoms with Gasteiger partial charge in [0.1, 0.15) is 5.75 Å². The Labute approximate surface area is 78.9 Å². The third kappa shape index (κ3) is 2.02. The molecular weight excluding hydrogens is 162 g/mol. The van der Waals surface area contributed by atoms with E-state index in [1.165, 1.54) is 0 Å². The summed E-state index contributed by atoms with van der Waals surface area (Å²) < 4.78 is 0. The zero-order chi connectivity index (χ0) is 9.84. The molecule has 0 spiro atoms. The molecule has 0 aliphatic rings. The first-order chi connectivity index (χ1) is 6.19. The zero-order valence-electron chi connectivity index (χ0n) is 8.09. The van der Waals surface area contributed by atoms with Crippen LogP contribution in [0, 0.1) is 0 Å². The number of aromatic hydroxyl groups is 1. The molecule has 1 aromatic carbocycles. The van der Waals surface area contributed by atoms with Crippen molar-refractivity contribution in [3.8, 4) is 5.75 Å². The van der Waals surface area contributed by atoms with Gasteiger partial charge in [0, 0.05) is 18.3 Å². The van der Waals surface area contributed by atoms with Crippen molar-refractivity contribution in [3.63, 3.8) is 0 Å². The fourth-order valence-electron chi connectivity index (χ4n) is 1.23. The summed E-state index contributed by atoms with van der Waals surface area (Å²) in [5.41, 5.74) is 3.02. The third-order valence-corrected chi connectivity index (χ3v) is 2.08. The highest BCUT2D eigenvalue weighted by Gasteiger charge is 2.04. The highest BCUT2D eigenvalue weighted by atomic mass is 16.3. The average Bonchev–Trinajstić information content (AvgIpc) is 2.16. The molecular formula is C11H15NO. The number of hydrogen-bond donors (Lipinski definition) is 2. The van der Waals surface area contributed by atoms with Gasteiger partial charge in [-0.05, 0) is 30.2 Å². The highest BCUT2D eigenvalue weighted by molar-refractivity contribution is 5.75. The fraction of sp³-hybridized carbons (Fsp3) is 0.273. The minimum Gasteiger partial charge on any atom is -0.508 e. The summed E-state index contributed by atoms with van der Waals surface area (Å²) in [7, 11) is 1.86. The van der Waals surface area contributed by atoms with Crippen LogP contribution < -0.4 is 5.32 Å². The number of phenolic OH excluding ortho intramolecular Hbond substituents is 1. The summed E-state index contributed by atoms with van der Waals surface area (Å²) in [4.78, 5) is 0. The number of hydrogen-bond acceptors (Lipinski definition) is 2. The van der Waals surface area contributed by atoms with Gasteiger partial charge in [-0.1, -0.05) is 13.5 Å². The van der Waals surface area contributed by atoms with Crippen molar-refractivity contribution < 1.29 is 5.11 Å². The second-order valence-electron chi connectivity index (χ2n) is 2.94. The molecule has 2 N–H and O–H groups in total. The molecule has 13 heavy (non-hydrogen) atoms. The molecule has 2 nitrogen and oxygen atoms in total. The largest absolute Gasteiger partial charge is 0.508 e. The Morgan fingerprint density at radius 3 is 2.77 bits per heavy atom. The lowest BCUT2D eigenvalue weighted by Gasteiger charge is -2.10. The molecule has 0 radical (unpaired) electrons. The van der Waals surface area contributed by atoms with Gasteiger partial charge in [-0.3, -0.25) is 0 Å². The molecule has 0 aliphatic carbocycles. The lowest BCUT2D eigenvalue weighted by atomic mass is 10.0. The van der Waals surface area contributed by atoms with E-state index >= 15 is 0 Å². The summed E-state index contributed by atoms with van der Waals surface area (Å²) in [5.74, 6) is 0.281. The van der Waals surface area contributed by atoms with E-state index in [1.807, 2.05) is 20.0 Å². The van der Waals surface area contributed by atoms with Crippen LogP contribution in [0.3, 0.4) is 0 Å². The third-order valence-electron chi connectivity index (χ3n) is 2.08. The molecule has 0 bridgehead atoms. The van der Waals surface area contributed by atoms with Crippen LogP contribution in [-0.2, 0) is 0 Å². The number of phenols is 1. The molecule has 70 valence electrons. The molecule has 0 saturated carbocycles. The normalized spacial score (nSPS) is 9.69. The Morgan fingerprint density at radius 1 is 1.54 bits per heavy atom. The number of allylic oxidation sites excluding steroid dienone is 1. The van der Waals surface area contributed by atoms with Gasteiger partial charge >= 0.3 is 0 Å². The van der Waals surface area contributed by atoms with Crippen LogP contribution >= 0.6 is 0 Å². The van der Waals surface area contributed by atoms with Gasteiger partial charge in [-0.2, -0.15) is 0 Å². The first kappa shape index (κ1) is 9.65. The first-order valence-electron chi connectivity index (χ1n) is 4.38. The lowest BCUT2D eigenvalue weighted by molar-refractivity contribution is 0.475. The Morgan fingerprint density at radius 2 is 2.23 bits per heavy atom. The van der Waals surface area contributed by atoms with Crippen LogP contribution in [0.5, 0.6) is 5.75 Å². The van der Waals surface area contributed by atoms with Crippen molar-refractivity contribution in [1.82, 2.24) is 0 Å². The van der Waals surface area contributed by atoms with E-state index in [4.69, 9.17) is 0 Å².